The molecule has 0 unspecified atom stereocenters. The van der Waals surface area contributed by atoms with Crippen LogP contribution >= 0.6 is 27.7 Å². The Morgan fingerprint density at radius 2 is 2.29 bits per heavy atom. The highest BCUT2D eigenvalue weighted by Gasteiger charge is 2.07. The molecule has 1 atom stereocenters. The molecule has 0 heterocycles. The number of carbonyl (C=O) groups is 1. The molecule has 0 spiro atoms. The van der Waals surface area contributed by atoms with Crippen molar-refractivity contribution in [3.8, 4) is 0 Å². The maximum absolute atomic E-state index is 11.0. The maximum Gasteiger partial charge on any atom is 0.306 e. The Morgan fingerprint density at radius 3 is 2.82 bits per heavy atom. The van der Waals surface area contributed by atoms with E-state index in [4.69, 9.17) is 0 Å². The number of ether oxygens (including phenoxy) is 1. The van der Waals surface area contributed by atoms with Gasteiger partial charge in [-0.25, -0.2) is 0 Å². The Bertz CT molecular complexity index is 393. The van der Waals surface area contributed by atoms with E-state index < -0.39 is 6.10 Å². The molecule has 1 aromatic carbocycles. The summed E-state index contributed by atoms with van der Waals surface area (Å²) in [7, 11) is 1.39. The summed E-state index contributed by atoms with van der Waals surface area (Å²) in [6.45, 7) is 1.73. The van der Waals surface area contributed by atoms with E-state index in [0.29, 0.717) is 12.2 Å². The summed E-state index contributed by atoms with van der Waals surface area (Å²) in [6.07, 6.45) is -0.0772. The Balaban J connectivity index is 2.57. The molecule has 0 amide bonds. The van der Waals surface area contributed by atoms with E-state index in [-0.39, 0.29) is 5.97 Å². The summed E-state index contributed by atoms with van der Waals surface area (Å²) in [5, 5.41) is 9.43. The van der Waals surface area contributed by atoms with Crippen molar-refractivity contribution >= 4 is 33.7 Å². The van der Waals surface area contributed by atoms with Gasteiger partial charge >= 0.3 is 5.97 Å². The molecule has 5 heteroatoms. The number of aliphatic hydroxyl groups is 1. The predicted octanol–water partition coefficient (Wildman–Crippen LogP) is 3.16. The third-order valence-electron chi connectivity index (χ3n) is 2.23. The number of hydrogen-bond donors (Lipinski definition) is 1. The van der Waals surface area contributed by atoms with Crippen molar-refractivity contribution in [1.82, 2.24) is 0 Å². The van der Waals surface area contributed by atoms with E-state index in [2.05, 4.69) is 20.7 Å². The molecule has 1 rings (SSSR count). The van der Waals surface area contributed by atoms with Crippen LogP contribution < -0.4 is 0 Å². The summed E-state index contributed by atoms with van der Waals surface area (Å²) in [5.41, 5.74) is 0.870. The molecule has 3 nitrogen and oxygen atoms in total. The first kappa shape index (κ1) is 14.5. The van der Waals surface area contributed by atoms with Crippen molar-refractivity contribution < 1.29 is 14.6 Å². The van der Waals surface area contributed by atoms with Gasteiger partial charge in [0.05, 0.1) is 19.6 Å². The lowest BCUT2D eigenvalue weighted by molar-refractivity contribution is -0.140. The van der Waals surface area contributed by atoms with Gasteiger partial charge in [-0.1, -0.05) is 6.07 Å². The van der Waals surface area contributed by atoms with Crippen molar-refractivity contribution in [3.63, 3.8) is 0 Å². The van der Waals surface area contributed by atoms with Crippen LogP contribution in [-0.4, -0.2) is 23.9 Å². The Kier molecular flexibility index (Phi) is 6.02. The zero-order chi connectivity index (χ0) is 12.8. The van der Waals surface area contributed by atoms with Crippen molar-refractivity contribution in [2.24, 2.45) is 0 Å². The second kappa shape index (κ2) is 7.03. The normalized spacial score (nSPS) is 12.2. The molecule has 94 valence electrons. The average molecular weight is 319 g/mol. The minimum Gasteiger partial charge on any atom is -0.469 e. The van der Waals surface area contributed by atoms with Crippen molar-refractivity contribution in [2.75, 3.05) is 12.9 Å². The molecule has 0 bridgehead atoms. The Morgan fingerprint density at radius 1 is 1.59 bits per heavy atom. The van der Waals surface area contributed by atoms with Crippen LogP contribution in [0.25, 0.3) is 0 Å². The first-order valence-electron chi connectivity index (χ1n) is 5.21. The van der Waals surface area contributed by atoms with E-state index in [1.54, 1.807) is 18.7 Å². The molecule has 0 aromatic heterocycles. The van der Waals surface area contributed by atoms with Crippen LogP contribution in [0.1, 0.15) is 25.0 Å². The second-order valence-electron chi connectivity index (χ2n) is 3.54. The lowest BCUT2D eigenvalue weighted by Gasteiger charge is -2.08. The predicted molar refractivity (Wildman–Crippen MR) is 72.1 cm³/mol. The zero-order valence-corrected chi connectivity index (χ0v) is 12.2. The minimum atomic E-state index is -0.472. The van der Waals surface area contributed by atoms with E-state index in [1.165, 1.54) is 7.11 Å². The number of halogens is 1. The van der Waals surface area contributed by atoms with Crippen LogP contribution in [0.15, 0.2) is 27.6 Å². The monoisotopic (exact) mass is 318 g/mol. The quantitative estimate of drug-likeness (QED) is 0.669. The average Bonchev–Trinajstić information content (AvgIpc) is 2.30. The summed E-state index contributed by atoms with van der Waals surface area (Å²) in [5.74, 6) is 0.480. The molecular formula is C12H15BrO3S. The summed E-state index contributed by atoms with van der Waals surface area (Å²) in [4.78, 5) is 12.0. The SMILES string of the molecule is COC(=O)CCSc1ccc([C@@H](C)O)cc1Br. The van der Waals surface area contributed by atoms with E-state index in [0.717, 1.165) is 14.9 Å². The smallest absolute Gasteiger partial charge is 0.306 e. The molecule has 0 radical (unpaired) electrons. The highest BCUT2D eigenvalue weighted by Crippen LogP contribution is 2.30. The molecule has 0 aliphatic carbocycles. The first-order chi connectivity index (χ1) is 8.04. The maximum atomic E-state index is 11.0. The molecule has 0 saturated heterocycles. The lowest BCUT2D eigenvalue weighted by atomic mass is 10.1. The molecule has 0 saturated carbocycles. The summed E-state index contributed by atoms with van der Waals surface area (Å²) in [6, 6.07) is 5.72. The number of rotatable bonds is 5. The zero-order valence-electron chi connectivity index (χ0n) is 9.77. The minimum absolute atomic E-state index is 0.200. The van der Waals surface area contributed by atoms with Crippen LogP contribution in [0.3, 0.4) is 0 Å². The largest absolute Gasteiger partial charge is 0.469 e. The number of methoxy groups -OCH3 is 1. The fraction of sp³-hybridized carbons (Fsp3) is 0.417. The van der Waals surface area contributed by atoms with Gasteiger partial charge in [0, 0.05) is 15.1 Å². The van der Waals surface area contributed by atoms with Gasteiger partial charge in [0.15, 0.2) is 0 Å². The molecule has 0 fully saturated rings. The van der Waals surface area contributed by atoms with E-state index in [1.807, 2.05) is 18.2 Å². The number of aliphatic hydroxyl groups excluding tert-OH is 1. The molecule has 1 N–H and O–H groups in total. The van der Waals surface area contributed by atoms with Crippen LogP contribution in [0.5, 0.6) is 0 Å². The highest BCUT2D eigenvalue weighted by molar-refractivity contribution is 9.10. The lowest BCUT2D eigenvalue weighted by Crippen LogP contribution is -2.01. The van der Waals surface area contributed by atoms with Gasteiger partial charge in [-0.15, -0.1) is 11.8 Å². The second-order valence-corrected chi connectivity index (χ2v) is 5.53. The van der Waals surface area contributed by atoms with Crippen molar-refractivity contribution in [2.45, 2.75) is 24.3 Å². The highest BCUT2D eigenvalue weighted by atomic mass is 79.9. The van der Waals surface area contributed by atoms with Gasteiger partial charge in [-0.2, -0.15) is 0 Å². The van der Waals surface area contributed by atoms with Gasteiger partial charge < -0.3 is 9.84 Å². The van der Waals surface area contributed by atoms with Crippen LogP contribution in [0, 0.1) is 0 Å². The number of benzene rings is 1. The van der Waals surface area contributed by atoms with E-state index in [9.17, 15) is 9.90 Å². The van der Waals surface area contributed by atoms with Crippen molar-refractivity contribution in [3.05, 3.63) is 28.2 Å². The molecular weight excluding hydrogens is 304 g/mol. The third kappa shape index (κ3) is 4.69. The van der Waals surface area contributed by atoms with Gasteiger partial charge in [0.25, 0.3) is 0 Å². The fourth-order valence-corrected chi connectivity index (χ4v) is 2.83. The van der Waals surface area contributed by atoms with Crippen LogP contribution in [0.2, 0.25) is 0 Å². The van der Waals surface area contributed by atoms with Gasteiger partial charge in [0.2, 0.25) is 0 Å². The standard InChI is InChI=1S/C12H15BrO3S/c1-8(14)9-3-4-11(10(13)7-9)17-6-5-12(15)16-2/h3-4,7-8,14H,5-6H2,1-2H3/t8-/m1/s1. The summed E-state index contributed by atoms with van der Waals surface area (Å²) >= 11 is 5.03. The number of thioether (sulfide) groups is 1. The van der Waals surface area contributed by atoms with Crippen molar-refractivity contribution in [1.29, 1.82) is 0 Å². The van der Waals surface area contributed by atoms with Gasteiger partial charge in [0.1, 0.15) is 0 Å². The number of carbonyl (C=O) groups excluding carboxylic acids is 1. The Labute approximate surface area is 114 Å². The fourth-order valence-electron chi connectivity index (χ4n) is 1.24. The van der Waals surface area contributed by atoms with E-state index >= 15 is 0 Å². The van der Waals surface area contributed by atoms with Crippen LogP contribution in [-0.2, 0) is 9.53 Å². The number of esters is 1. The summed E-state index contributed by atoms with van der Waals surface area (Å²) < 4.78 is 5.51. The Hall–Kier alpha value is -0.520. The molecule has 17 heavy (non-hydrogen) atoms. The third-order valence-corrected chi connectivity index (χ3v) is 4.22. The molecule has 0 aliphatic heterocycles. The molecule has 0 aliphatic rings. The topological polar surface area (TPSA) is 46.5 Å². The van der Waals surface area contributed by atoms with Crippen LogP contribution in [0.4, 0.5) is 0 Å². The van der Waals surface area contributed by atoms with Gasteiger partial charge in [-0.3, -0.25) is 4.79 Å². The number of hydrogen-bond acceptors (Lipinski definition) is 4. The van der Waals surface area contributed by atoms with Gasteiger partial charge in [-0.05, 0) is 40.5 Å². The molecule has 1 aromatic rings. The first-order valence-corrected chi connectivity index (χ1v) is 6.99.